The number of aliphatic imine (C=N–C) groups is 1. The van der Waals surface area contributed by atoms with Crippen molar-refractivity contribution in [2.24, 2.45) is 4.99 Å². The summed E-state index contributed by atoms with van der Waals surface area (Å²) in [6.45, 7) is 5.93. The number of carbonyl (C=O) groups excluding carboxylic acids is 1. The number of anilines is 2. The average molecular weight is 655 g/mol. The summed E-state index contributed by atoms with van der Waals surface area (Å²) in [6.07, 6.45) is -2.60. The minimum absolute atomic E-state index is 0.0350. The highest BCUT2D eigenvalue weighted by atomic mass is 32.2. The minimum Gasteiger partial charge on any atom is -0.489 e. The number of alkyl halides is 3. The largest absolute Gasteiger partial charge is 0.573 e. The molecule has 10 nitrogen and oxygen atoms in total. The van der Waals surface area contributed by atoms with E-state index in [0.29, 0.717) is 46.6 Å². The number of aliphatic hydroxyl groups excluding tert-OH is 1. The highest BCUT2D eigenvalue weighted by molar-refractivity contribution is 8.15. The molecule has 2 heterocycles. The zero-order valence-electron chi connectivity index (χ0n) is 25.4. The Morgan fingerprint density at radius 2 is 1.83 bits per heavy atom. The van der Waals surface area contributed by atoms with Crippen molar-refractivity contribution < 1.29 is 32.5 Å². The van der Waals surface area contributed by atoms with Gasteiger partial charge in [-0.2, -0.15) is 5.10 Å². The Morgan fingerprint density at radius 1 is 1.09 bits per heavy atom. The third kappa shape index (κ3) is 8.57. The molecule has 1 aliphatic rings. The van der Waals surface area contributed by atoms with Crippen LogP contribution in [-0.4, -0.2) is 55.5 Å². The van der Waals surface area contributed by atoms with E-state index in [1.165, 1.54) is 51.9 Å². The van der Waals surface area contributed by atoms with Crippen LogP contribution in [0.4, 0.5) is 24.5 Å². The van der Waals surface area contributed by atoms with Crippen molar-refractivity contribution in [1.82, 2.24) is 14.8 Å². The van der Waals surface area contributed by atoms with Gasteiger partial charge in [-0.05, 0) is 86.3 Å². The highest BCUT2D eigenvalue weighted by Gasteiger charge is 2.33. The van der Waals surface area contributed by atoms with Crippen LogP contribution in [0, 0.1) is 6.92 Å². The molecule has 0 saturated carbocycles. The number of nitrogens with one attached hydrogen (secondary N) is 1. The zero-order valence-corrected chi connectivity index (χ0v) is 26.2. The van der Waals surface area contributed by atoms with Gasteiger partial charge in [-0.3, -0.25) is 9.69 Å². The summed E-state index contributed by atoms with van der Waals surface area (Å²) in [5, 5.41) is 18.5. The lowest BCUT2D eigenvalue weighted by Gasteiger charge is -2.23. The number of amidine groups is 1. The maximum Gasteiger partial charge on any atom is 0.573 e. The number of aryl methyl sites for hydroxylation is 3. The van der Waals surface area contributed by atoms with Crippen molar-refractivity contribution in [3.8, 4) is 17.2 Å². The van der Waals surface area contributed by atoms with Crippen LogP contribution in [-0.2, 0) is 17.6 Å². The van der Waals surface area contributed by atoms with Gasteiger partial charge in [0.1, 0.15) is 17.8 Å². The molecule has 14 heteroatoms. The first-order valence-corrected chi connectivity index (χ1v) is 15.6. The van der Waals surface area contributed by atoms with Crippen molar-refractivity contribution >= 4 is 34.2 Å². The van der Waals surface area contributed by atoms with Gasteiger partial charge in [0, 0.05) is 12.1 Å². The molecule has 1 aliphatic heterocycles. The Kier molecular flexibility index (Phi) is 10.2. The summed E-state index contributed by atoms with van der Waals surface area (Å²) < 4.78 is 48.7. The summed E-state index contributed by atoms with van der Waals surface area (Å²) in [7, 11) is 0. The van der Waals surface area contributed by atoms with Crippen LogP contribution in [0.25, 0.3) is 5.69 Å². The summed E-state index contributed by atoms with van der Waals surface area (Å²) in [5.74, 6) is 0.897. The Balaban J connectivity index is 1.18. The first-order valence-electron chi connectivity index (χ1n) is 14.6. The maximum absolute atomic E-state index is 12.9. The van der Waals surface area contributed by atoms with Crippen LogP contribution >= 0.6 is 11.8 Å². The van der Waals surface area contributed by atoms with E-state index in [1.807, 2.05) is 63.2 Å². The summed E-state index contributed by atoms with van der Waals surface area (Å²) >= 11 is 1.25. The molecule has 0 aliphatic carbocycles. The third-order valence-corrected chi connectivity index (χ3v) is 7.96. The number of benzene rings is 3. The highest BCUT2D eigenvalue weighted by Crippen LogP contribution is 2.36. The van der Waals surface area contributed by atoms with Crippen LogP contribution < -0.4 is 19.7 Å². The van der Waals surface area contributed by atoms with E-state index in [0.717, 1.165) is 17.5 Å². The Bertz CT molecular complexity index is 1680. The fourth-order valence-electron chi connectivity index (χ4n) is 4.54. The van der Waals surface area contributed by atoms with Crippen molar-refractivity contribution in [2.45, 2.75) is 58.9 Å². The monoisotopic (exact) mass is 654 g/mol. The molecule has 5 rings (SSSR count). The molecule has 3 aromatic carbocycles. The second-order valence-corrected chi connectivity index (χ2v) is 11.5. The van der Waals surface area contributed by atoms with Crippen LogP contribution in [0.3, 0.4) is 0 Å². The van der Waals surface area contributed by atoms with Gasteiger partial charge < -0.3 is 19.9 Å². The minimum atomic E-state index is -4.75. The fourth-order valence-corrected chi connectivity index (χ4v) is 5.43. The van der Waals surface area contributed by atoms with E-state index < -0.39 is 12.7 Å². The molecule has 1 amide bonds. The number of carbonyl (C=O) groups is 1. The number of nitrogens with zero attached hydrogens (tertiary/aromatic N) is 5. The molecule has 1 fully saturated rings. The number of aromatic nitrogens is 3. The van der Waals surface area contributed by atoms with Gasteiger partial charge in [-0.1, -0.05) is 36.9 Å². The lowest BCUT2D eigenvalue weighted by atomic mass is 10.1. The Hall–Kier alpha value is -4.56. The second kappa shape index (κ2) is 14.3. The first-order chi connectivity index (χ1) is 22.0. The van der Waals surface area contributed by atoms with Gasteiger partial charge in [-0.25, -0.2) is 14.7 Å². The van der Waals surface area contributed by atoms with E-state index in [2.05, 4.69) is 25.1 Å². The van der Waals surface area contributed by atoms with Crippen LogP contribution in [0.2, 0.25) is 0 Å². The smallest absolute Gasteiger partial charge is 0.489 e. The number of aliphatic hydroxyl groups is 1. The average Bonchev–Trinajstić information content (AvgIpc) is 3.63. The van der Waals surface area contributed by atoms with E-state index in [-0.39, 0.29) is 23.5 Å². The Morgan fingerprint density at radius 3 is 2.52 bits per heavy atom. The van der Waals surface area contributed by atoms with Crippen molar-refractivity contribution in [1.29, 1.82) is 0 Å². The molecule has 2 atom stereocenters. The molecule has 0 bridgehead atoms. The molecular weight excluding hydrogens is 621 g/mol. The van der Waals surface area contributed by atoms with Gasteiger partial charge in [0.25, 0.3) is 0 Å². The number of ether oxygens (including phenoxy) is 2. The maximum atomic E-state index is 12.9. The SMILES string of the molecule is CCC(C)Oc1ccc(C)cc1N1C(=O)CSC1=NC(O)Nc1ccc(CCc2ncn(-c3ccc(OC(F)(F)F)cc3)n2)cc1. The van der Waals surface area contributed by atoms with Crippen LogP contribution in [0.5, 0.6) is 11.5 Å². The number of thioether (sulfide) groups is 1. The van der Waals surface area contributed by atoms with Crippen molar-refractivity contribution in [3.05, 3.63) is 90.0 Å². The van der Waals surface area contributed by atoms with Crippen LogP contribution in [0.1, 0.15) is 37.2 Å². The van der Waals surface area contributed by atoms with Gasteiger partial charge in [0.05, 0.1) is 23.2 Å². The normalized spacial score (nSPS) is 15.7. The number of rotatable bonds is 12. The molecule has 0 spiro atoms. The predicted octanol–water partition coefficient (Wildman–Crippen LogP) is 6.26. The summed E-state index contributed by atoms with van der Waals surface area (Å²) in [6, 6.07) is 18.5. The first kappa shape index (κ1) is 32.8. The van der Waals surface area contributed by atoms with Crippen molar-refractivity contribution in [2.75, 3.05) is 16.0 Å². The molecule has 1 saturated heterocycles. The molecule has 242 valence electrons. The molecule has 4 aromatic rings. The zero-order chi connectivity index (χ0) is 32.8. The van der Waals surface area contributed by atoms with Crippen LogP contribution in [0.15, 0.2) is 78.0 Å². The number of hydrogen-bond acceptors (Lipinski definition) is 9. The van der Waals surface area contributed by atoms with Gasteiger partial charge in [-0.15, -0.1) is 13.2 Å². The number of hydrogen-bond donors (Lipinski definition) is 2. The molecular formula is C32H33F3N6O4S. The lowest BCUT2D eigenvalue weighted by molar-refractivity contribution is -0.274. The predicted molar refractivity (Wildman–Crippen MR) is 170 cm³/mol. The van der Waals surface area contributed by atoms with E-state index in [4.69, 9.17) is 4.74 Å². The molecule has 46 heavy (non-hydrogen) atoms. The summed E-state index contributed by atoms with van der Waals surface area (Å²) in [4.78, 5) is 23.1. The Labute approximate surface area is 268 Å². The van der Waals surface area contributed by atoms with E-state index >= 15 is 0 Å². The van der Waals surface area contributed by atoms with Gasteiger partial charge in [0.15, 0.2) is 11.0 Å². The lowest BCUT2D eigenvalue weighted by Crippen LogP contribution is -2.32. The van der Waals surface area contributed by atoms with E-state index in [9.17, 15) is 23.1 Å². The fraction of sp³-hybridized carbons (Fsp3) is 0.312. The quantitative estimate of drug-likeness (QED) is 0.172. The van der Waals surface area contributed by atoms with Gasteiger partial charge in [0.2, 0.25) is 12.3 Å². The summed E-state index contributed by atoms with van der Waals surface area (Å²) in [5.41, 5.74) is 3.75. The standard InChI is InChI=1S/C32H33F3N6O4S/c1-4-21(3)44-27-15-5-20(2)17-26(27)41-29(42)18-46-31(41)38-30(43)37-23-9-6-22(7-10-23)8-16-28-36-19-40(39-28)24-11-13-25(14-12-24)45-32(33,34)35/h5-7,9-15,17,19,21,30,37,43H,4,8,16,18H2,1-3H3. The van der Waals surface area contributed by atoms with E-state index in [1.54, 1.807) is 0 Å². The number of amides is 1. The number of halogens is 3. The third-order valence-electron chi connectivity index (χ3n) is 7.02. The molecule has 1 aromatic heterocycles. The molecule has 2 N–H and O–H groups in total. The second-order valence-electron chi connectivity index (χ2n) is 10.6. The van der Waals surface area contributed by atoms with Gasteiger partial charge >= 0.3 is 6.36 Å². The van der Waals surface area contributed by atoms with Crippen molar-refractivity contribution in [3.63, 3.8) is 0 Å². The molecule has 0 radical (unpaired) electrons. The topological polar surface area (TPSA) is 114 Å². The molecule has 2 unspecified atom stereocenters.